The number of hydrazine groups is 1. The fraction of sp³-hybridized carbons (Fsp3) is 0.750. The molecule has 0 aliphatic heterocycles. The minimum Gasteiger partial charge on any atom is -0.308 e. The highest BCUT2D eigenvalue weighted by Gasteiger charge is 2.20. The number of aromatic nitrogens is 2. The second-order valence-electron chi connectivity index (χ2n) is 5.25. The van der Waals surface area contributed by atoms with Crippen LogP contribution in [0.5, 0.6) is 0 Å². The number of likely N-dealkylation sites (N-methyl/N-ethyl adjacent to an activating group) is 1. The van der Waals surface area contributed by atoms with Gasteiger partial charge in [0, 0.05) is 6.54 Å². The van der Waals surface area contributed by atoms with Gasteiger partial charge in [0.15, 0.2) is 0 Å². The maximum Gasteiger partial charge on any atom is 0.0834 e. The molecule has 1 unspecified atom stereocenters. The highest BCUT2D eigenvalue weighted by molar-refractivity contribution is 6.31. The van der Waals surface area contributed by atoms with Gasteiger partial charge in [0.05, 0.1) is 29.5 Å². The molecule has 0 aliphatic carbocycles. The zero-order valence-electron chi connectivity index (χ0n) is 11.7. The third kappa shape index (κ3) is 4.24. The first-order chi connectivity index (χ1) is 8.45. The summed E-state index contributed by atoms with van der Waals surface area (Å²) < 4.78 is 1.94. The van der Waals surface area contributed by atoms with Crippen molar-refractivity contribution in [3.05, 3.63) is 16.9 Å². The van der Waals surface area contributed by atoms with Crippen molar-refractivity contribution in [3.63, 3.8) is 0 Å². The van der Waals surface area contributed by atoms with Crippen LogP contribution in [-0.4, -0.2) is 35.3 Å². The molecule has 1 atom stereocenters. The number of hydrogen-bond donors (Lipinski definition) is 2. The summed E-state index contributed by atoms with van der Waals surface area (Å²) in [5, 5.41) is 5.00. The number of nitrogens with zero attached hydrogens (tertiary/aromatic N) is 3. The van der Waals surface area contributed by atoms with Crippen LogP contribution >= 0.6 is 11.6 Å². The molecule has 0 spiro atoms. The van der Waals surface area contributed by atoms with Crippen LogP contribution in [-0.2, 0) is 6.54 Å². The Morgan fingerprint density at radius 3 is 2.67 bits per heavy atom. The summed E-state index contributed by atoms with van der Waals surface area (Å²) in [5.41, 5.74) is 3.83. The molecule has 0 aromatic carbocycles. The van der Waals surface area contributed by atoms with Crippen molar-refractivity contribution in [1.82, 2.24) is 20.1 Å². The van der Waals surface area contributed by atoms with E-state index in [-0.39, 0.29) is 6.04 Å². The van der Waals surface area contributed by atoms with E-state index in [1.165, 1.54) is 0 Å². The van der Waals surface area contributed by atoms with Crippen molar-refractivity contribution in [1.29, 1.82) is 0 Å². The fourth-order valence-electron chi connectivity index (χ4n) is 1.92. The van der Waals surface area contributed by atoms with Crippen LogP contribution in [0.15, 0.2) is 6.20 Å². The molecule has 0 aliphatic rings. The monoisotopic (exact) mass is 273 g/mol. The van der Waals surface area contributed by atoms with E-state index in [0.717, 1.165) is 25.2 Å². The molecule has 1 aromatic heterocycles. The predicted molar refractivity (Wildman–Crippen MR) is 75.3 cm³/mol. The Kier molecular flexibility index (Phi) is 6.08. The molecule has 0 radical (unpaired) electrons. The number of halogens is 1. The molecule has 0 saturated carbocycles. The first-order valence-electron chi connectivity index (χ1n) is 6.27. The largest absolute Gasteiger partial charge is 0.308 e. The molecular formula is C12H24ClN5. The molecule has 104 valence electrons. The molecule has 6 heteroatoms. The van der Waals surface area contributed by atoms with Crippen molar-refractivity contribution >= 4 is 11.6 Å². The van der Waals surface area contributed by atoms with Gasteiger partial charge in [0.1, 0.15) is 0 Å². The molecule has 1 heterocycles. The van der Waals surface area contributed by atoms with E-state index in [4.69, 9.17) is 17.4 Å². The van der Waals surface area contributed by atoms with Crippen molar-refractivity contribution in [2.75, 3.05) is 20.6 Å². The Labute approximate surface area is 114 Å². The standard InChI is InChI=1S/C12H24ClN5/c1-9(2)7-11(16-14)12-10(13)8-15-18(12)6-5-17(3)4/h8-9,11,16H,5-7,14H2,1-4H3. The summed E-state index contributed by atoms with van der Waals surface area (Å²) in [5.74, 6) is 6.19. The second-order valence-corrected chi connectivity index (χ2v) is 5.66. The molecule has 0 saturated heterocycles. The lowest BCUT2D eigenvalue weighted by atomic mass is 10.0. The van der Waals surface area contributed by atoms with Crippen LogP contribution in [0.3, 0.4) is 0 Å². The summed E-state index contributed by atoms with van der Waals surface area (Å²) in [4.78, 5) is 2.12. The average molecular weight is 274 g/mol. The minimum atomic E-state index is 0.0437. The van der Waals surface area contributed by atoms with Crippen LogP contribution in [0.1, 0.15) is 32.0 Å². The van der Waals surface area contributed by atoms with E-state index in [9.17, 15) is 0 Å². The third-order valence-corrected chi connectivity index (χ3v) is 3.12. The Bertz CT molecular complexity index is 361. The number of rotatable bonds is 7. The van der Waals surface area contributed by atoms with Crippen molar-refractivity contribution in [2.45, 2.75) is 32.9 Å². The summed E-state index contributed by atoms with van der Waals surface area (Å²) >= 11 is 6.22. The van der Waals surface area contributed by atoms with E-state index in [1.54, 1.807) is 6.20 Å². The molecule has 1 rings (SSSR count). The van der Waals surface area contributed by atoms with Crippen molar-refractivity contribution < 1.29 is 0 Å². The molecule has 0 amide bonds. The average Bonchev–Trinajstić information content (AvgIpc) is 2.64. The van der Waals surface area contributed by atoms with Crippen molar-refractivity contribution in [2.24, 2.45) is 11.8 Å². The van der Waals surface area contributed by atoms with E-state index in [0.29, 0.717) is 10.9 Å². The lowest BCUT2D eigenvalue weighted by molar-refractivity contribution is 0.353. The second kappa shape index (κ2) is 7.09. The van der Waals surface area contributed by atoms with Crippen molar-refractivity contribution in [3.8, 4) is 0 Å². The highest BCUT2D eigenvalue weighted by atomic mass is 35.5. The predicted octanol–water partition coefficient (Wildman–Crippen LogP) is 1.65. The Hall–Kier alpha value is -0.620. The minimum absolute atomic E-state index is 0.0437. The Morgan fingerprint density at radius 2 is 2.17 bits per heavy atom. The highest BCUT2D eigenvalue weighted by Crippen LogP contribution is 2.27. The zero-order valence-corrected chi connectivity index (χ0v) is 12.4. The number of nitrogens with two attached hydrogens (primary N) is 1. The van der Waals surface area contributed by atoms with Gasteiger partial charge in [0.25, 0.3) is 0 Å². The number of nitrogens with one attached hydrogen (secondary N) is 1. The van der Waals surface area contributed by atoms with Crippen LogP contribution in [0.2, 0.25) is 5.02 Å². The Morgan fingerprint density at radius 1 is 1.50 bits per heavy atom. The molecular weight excluding hydrogens is 250 g/mol. The van der Waals surface area contributed by atoms with Gasteiger partial charge in [0.2, 0.25) is 0 Å². The van der Waals surface area contributed by atoms with Crippen LogP contribution in [0, 0.1) is 5.92 Å². The molecule has 0 fully saturated rings. The summed E-state index contributed by atoms with van der Waals surface area (Å²) in [6.07, 6.45) is 2.63. The molecule has 0 bridgehead atoms. The van der Waals surface area contributed by atoms with E-state index >= 15 is 0 Å². The lowest BCUT2D eigenvalue weighted by Crippen LogP contribution is -2.32. The van der Waals surface area contributed by atoms with Gasteiger partial charge in [-0.3, -0.25) is 16.0 Å². The van der Waals surface area contributed by atoms with E-state index in [1.807, 2.05) is 18.8 Å². The molecule has 18 heavy (non-hydrogen) atoms. The molecule has 1 aromatic rings. The van der Waals surface area contributed by atoms with Gasteiger partial charge >= 0.3 is 0 Å². The van der Waals surface area contributed by atoms with Crippen LogP contribution in [0.4, 0.5) is 0 Å². The molecule has 5 nitrogen and oxygen atoms in total. The van der Waals surface area contributed by atoms with Gasteiger partial charge < -0.3 is 4.90 Å². The summed E-state index contributed by atoms with van der Waals surface area (Å²) in [6.45, 7) is 6.06. The first-order valence-corrected chi connectivity index (χ1v) is 6.65. The van der Waals surface area contributed by atoms with E-state index in [2.05, 4.69) is 29.3 Å². The molecule has 3 N–H and O–H groups in total. The van der Waals surface area contributed by atoms with Gasteiger partial charge in [-0.15, -0.1) is 0 Å². The lowest BCUT2D eigenvalue weighted by Gasteiger charge is -2.21. The van der Waals surface area contributed by atoms with Crippen LogP contribution < -0.4 is 11.3 Å². The summed E-state index contributed by atoms with van der Waals surface area (Å²) in [7, 11) is 4.08. The fourth-order valence-corrected chi connectivity index (χ4v) is 2.19. The van der Waals surface area contributed by atoms with Gasteiger partial charge in [-0.2, -0.15) is 5.10 Å². The first kappa shape index (κ1) is 15.4. The zero-order chi connectivity index (χ0) is 13.7. The smallest absolute Gasteiger partial charge is 0.0834 e. The van der Waals surface area contributed by atoms with Crippen LogP contribution in [0.25, 0.3) is 0 Å². The number of hydrogen-bond acceptors (Lipinski definition) is 4. The summed E-state index contributed by atoms with van der Waals surface area (Å²) in [6, 6.07) is 0.0437. The Balaban J connectivity index is 2.87. The maximum absolute atomic E-state index is 6.22. The quantitative estimate of drug-likeness (QED) is 0.586. The maximum atomic E-state index is 6.22. The topological polar surface area (TPSA) is 59.1 Å². The van der Waals surface area contributed by atoms with Gasteiger partial charge in [-0.1, -0.05) is 25.4 Å². The van der Waals surface area contributed by atoms with E-state index < -0.39 is 0 Å². The normalized spacial score (nSPS) is 13.6. The third-order valence-electron chi connectivity index (χ3n) is 2.83. The van der Waals surface area contributed by atoms with Gasteiger partial charge in [-0.25, -0.2) is 0 Å². The van der Waals surface area contributed by atoms with Gasteiger partial charge in [-0.05, 0) is 26.4 Å². The SMILES string of the molecule is CC(C)CC(NN)c1c(Cl)cnn1CCN(C)C.